The average Bonchev–Trinajstić information content (AvgIpc) is 3.46. The number of cyclic esters (lactones) is 1. The number of allylic oxidation sites excluding steroid dienone is 1. The molecular weight excluding hydrogens is 528 g/mol. The highest BCUT2D eigenvalue weighted by molar-refractivity contribution is 5.94. The number of ketones is 1. The van der Waals surface area contributed by atoms with Crippen LogP contribution >= 0.6 is 0 Å². The highest BCUT2D eigenvalue weighted by Gasteiger charge is 2.70. The number of esters is 3. The Balaban J connectivity index is 1.68. The maximum atomic E-state index is 14.5. The van der Waals surface area contributed by atoms with E-state index in [0.717, 1.165) is 11.1 Å². The van der Waals surface area contributed by atoms with Gasteiger partial charge in [0.05, 0.1) is 37.9 Å². The summed E-state index contributed by atoms with van der Waals surface area (Å²) in [5.74, 6) is -4.40. The summed E-state index contributed by atoms with van der Waals surface area (Å²) in [6, 6.07) is 1.81. The Kier molecular flexibility index (Phi) is 7.28. The number of ether oxygens (including phenoxy) is 3. The Labute approximate surface area is 241 Å². The molecule has 2 heterocycles. The number of Topliss-reactive ketones (excluding diaryl/α,β-unsaturated/α-hetero) is 1. The van der Waals surface area contributed by atoms with Gasteiger partial charge in [-0.3, -0.25) is 14.4 Å². The monoisotopic (exact) mass is 570 g/mol. The molecule has 3 fully saturated rings. The van der Waals surface area contributed by atoms with Crippen molar-refractivity contribution >= 4 is 23.7 Å². The van der Waals surface area contributed by atoms with Crippen molar-refractivity contribution in [2.45, 2.75) is 85.5 Å². The fraction of sp³-hybridized carbons (Fsp3) is 0.688. The molecule has 10 unspecified atom stereocenters. The molecule has 0 aromatic carbocycles. The summed E-state index contributed by atoms with van der Waals surface area (Å²) in [5.41, 5.74) is -0.877. The number of hydrogen-bond acceptors (Lipinski definition) is 9. The molecule has 0 spiro atoms. The van der Waals surface area contributed by atoms with Gasteiger partial charge in [-0.2, -0.15) is 0 Å². The second-order valence-electron chi connectivity index (χ2n) is 13.6. The number of carbonyl (C=O) groups excluding carboxylic acids is 4. The van der Waals surface area contributed by atoms with Crippen LogP contribution in [0, 0.1) is 45.8 Å². The number of furan rings is 1. The van der Waals surface area contributed by atoms with E-state index in [1.54, 1.807) is 19.5 Å². The number of fused-ring (bicyclic) bond motifs is 6. The molecule has 0 amide bonds. The number of carbonyl (C=O) groups is 4. The lowest BCUT2D eigenvalue weighted by atomic mass is 9.40. The van der Waals surface area contributed by atoms with Gasteiger partial charge in [0.15, 0.2) is 6.10 Å². The highest BCUT2D eigenvalue weighted by atomic mass is 16.6. The predicted molar refractivity (Wildman–Crippen MR) is 146 cm³/mol. The van der Waals surface area contributed by atoms with E-state index >= 15 is 0 Å². The third-order valence-electron chi connectivity index (χ3n) is 11.1. The van der Waals surface area contributed by atoms with E-state index in [2.05, 4.69) is 6.92 Å². The number of hydrogen-bond donors (Lipinski definition) is 1. The zero-order valence-electron chi connectivity index (χ0n) is 25.0. The van der Waals surface area contributed by atoms with Gasteiger partial charge >= 0.3 is 17.9 Å². The van der Waals surface area contributed by atoms with Crippen molar-refractivity contribution in [3.63, 3.8) is 0 Å². The third-order valence-corrected chi connectivity index (χ3v) is 11.1. The Bertz CT molecular complexity index is 1260. The predicted octanol–water partition coefficient (Wildman–Crippen LogP) is 4.58. The molecule has 0 radical (unpaired) electrons. The average molecular weight is 571 g/mol. The smallest absolute Gasteiger partial charge is 0.335 e. The molecule has 1 aliphatic heterocycles. The number of rotatable bonds is 6. The zero-order chi connectivity index (χ0) is 30.1. The second-order valence-corrected chi connectivity index (χ2v) is 13.6. The van der Waals surface area contributed by atoms with Gasteiger partial charge in [0.1, 0.15) is 18.0 Å². The SMILES string of the molecule is CCC(C)C(=O)OC1C2C=C3C4CC(=O)OC(c5ccoc5)C4(C)CCC3C(C)(C2=O)C(C(O)C(=O)OC)C1(C)C. The molecule has 2 bridgehead atoms. The van der Waals surface area contributed by atoms with E-state index in [-0.39, 0.29) is 35.9 Å². The Morgan fingerprint density at radius 2 is 1.85 bits per heavy atom. The van der Waals surface area contributed by atoms with Crippen molar-refractivity contribution in [2.75, 3.05) is 7.11 Å². The lowest BCUT2D eigenvalue weighted by molar-refractivity contribution is -0.211. The van der Waals surface area contributed by atoms with Crippen LogP contribution in [0.3, 0.4) is 0 Å². The molecule has 3 aliphatic carbocycles. The number of aliphatic hydroxyl groups is 1. The first kappa shape index (κ1) is 29.5. The molecule has 1 saturated heterocycles. The minimum atomic E-state index is -1.61. The Morgan fingerprint density at radius 3 is 2.46 bits per heavy atom. The van der Waals surface area contributed by atoms with Gasteiger partial charge in [-0.15, -0.1) is 0 Å². The first-order valence-electron chi connectivity index (χ1n) is 14.7. The lowest BCUT2D eigenvalue weighted by Gasteiger charge is -2.64. The summed E-state index contributed by atoms with van der Waals surface area (Å²) in [7, 11) is 1.21. The number of aliphatic hydroxyl groups excluding tert-OH is 1. The van der Waals surface area contributed by atoms with Gasteiger partial charge in [-0.05, 0) is 37.2 Å². The van der Waals surface area contributed by atoms with E-state index in [1.165, 1.54) is 7.11 Å². The van der Waals surface area contributed by atoms with Crippen molar-refractivity contribution in [3.8, 4) is 0 Å². The van der Waals surface area contributed by atoms with E-state index in [0.29, 0.717) is 19.3 Å². The van der Waals surface area contributed by atoms with Crippen LogP contribution in [-0.4, -0.2) is 48.1 Å². The molecule has 1 aromatic rings. The first-order chi connectivity index (χ1) is 19.2. The summed E-state index contributed by atoms with van der Waals surface area (Å²) in [5, 5.41) is 11.5. The Hall–Kier alpha value is -2.94. The molecule has 9 nitrogen and oxygen atoms in total. The molecule has 1 N–H and O–H groups in total. The minimum absolute atomic E-state index is 0.148. The van der Waals surface area contributed by atoms with E-state index < -0.39 is 58.3 Å². The standard InChI is InChI=1S/C32H42O9/c1-8-16(2)28(36)41-27-19-13-18-20(32(6,25(19)35)24(30(27,3)4)23(34)29(37)38-7)9-11-31(5)21(18)14-22(33)40-26(31)17-10-12-39-15-17/h10,12-13,15-16,19-21,23-24,26-27,34H,8-9,11,14H2,1-7H3. The fourth-order valence-corrected chi connectivity index (χ4v) is 8.76. The molecule has 2 saturated carbocycles. The van der Waals surface area contributed by atoms with E-state index in [9.17, 15) is 24.3 Å². The fourth-order valence-electron chi connectivity index (χ4n) is 8.76. The highest BCUT2D eigenvalue weighted by Crippen LogP contribution is 2.68. The summed E-state index contributed by atoms with van der Waals surface area (Å²) in [6.07, 6.45) is 4.01. The van der Waals surface area contributed by atoms with Crippen LogP contribution in [0.2, 0.25) is 0 Å². The van der Waals surface area contributed by atoms with Crippen LogP contribution < -0.4 is 0 Å². The van der Waals surface area contributed by atoms with Crippen LogP contribution in [0.4, 0.5) is 0 Å². The van der Waals surface area contributed by atoms with Crippen LogP contribution in [0.15, 0.2) is 34.7 Å². The molecule has 5 rings (SSSR count). The van der Waals surface area contributed by atoms with E-state index in [4.69, 9.17) is 18.6 Å². The van der Waals surface area contributed by atoms with E-state index in [1.807, 2.05) is 39.8 Å². The normalized spacial score (nSPS) is 38.9. The van der Waals surface area contributed by atoms with Crippen molar-refractivity contribution < 1.29 is 42.9 Å². The molecule has 10 atom stereocenters. The van der Waals surface area contributed by atoms with Gasteiger partial charge in [0.2, 0.25) is 0 Å². The molecule has 9 heteroatoms. The number of methoxy groups -OCH3 is 1. The topological polar surface area (TPSA) is 129 Å². The first-order valence-corrected chi connectivity index (χ1v) is 14.7. The summed E-state index contributed by atoms with van der Waals surface area (Å²) < 4.78 is 22.3. The largest absolute Gasteiger partial charge is 0.472 e. The summed E-state index contributed by atoms with van der Waals surface area (Å²) in [6.45, 7) is 11.3. The van der Waals surface area contributed by atoms with Gasteiger partial charge in [0.25, 0.3) is 0 Å². The van der Waals surface area contributed by atoms with Crippen molar-refractivity contribution in [2.24, 2.45) is 45.8 Å². The Morgan fingerprint density at radius 1 is 1.15 bits per heavy atom. The van der Waals surface area contributed by atoms with Crippen molar-refractivity contribution in [1.29, 1.82) is 0 Å². The van der Waals surface area contributed by atoms with Gasteiger partial charge in [0, 0.05) is 27.7 Å². The molecule has 4 aliphatic rings. The van der Waals surface area contributed by atoms with Gasteiger partial charge in [-0.1, -0.05) is 53.2 Å². The van der Waals surface area contributed by atoms with Crippen LogP contribution in [0.25, 0.3) is 0 Å². The second kappa shape index (κ2) is 10.1. The van der Waals surface area contributed by atoms with Crippen molar-refractivity contribution in [3.05, 3.63) is 35.8 Å². The summed E-state index contributed by atoms with van der Waals surface area (Å²) >= 11 is 0. The van der Waals surface area contributed by atoms with Crippen LogP contribution in [0.1, 0.15) is 78.9 Å². The van der Waals surface area contributed by atoms with Gasteiger partial charge in [-0.25, -0.2) is 4.79 Å². The van der Waals surface area contributed by atoms with Gasteiger partial charge < -0.3 is 23.7 Å². The third kappa shape index (κ3) is 4.21. The van der Waals surface area contributed by atoms with Crippen molar-refractivity contribution in [1.82, 2.24) is 0 Å². The summed E-state index contributed by atoms with van der Waals surface area (Å²) in [4.78, 5) is 53.5. The maximum Gasteiger partial charge on any atom is 0.335 e. The minimum Gasteiger partial charge on any atom is -0.472 e. The molecule has 41 heavy (non-hydrogen) atoms. The lowest BCUT2D eigenvalue weighted by Crippen LogP contribution is -2.69. The zero-order valence-corrected chi connectivity index (χ0v) is 25.0. The molecule has 1 aromatic heterocycles. The van der Waals surface area contributed by atoms with Crippen LogP contribution in [0.5, 0.6) is 0 Å². The maximum absolute atomic E-state index is 14.5. The molecule has 224 valence electrons. The molecular formula is C32H42O9. The quantitative estimate of drug-likeness (QED) is 0.297. The van der Waals surface area contributed by atoms with Crippen LogP contribution in [-0.2, 0) is 33.4 Å².